The Bertz CT molecular complexity index is 401. The van der Waals surface area contributed by atoms with Gasteiger partial charge in [-0.2, -0.15) is 11.8 Å². The van der Waals surface area contributed by atoms with Crippen molar-refractivity contribution in [3.63, 3.8) is 0 Å². The van der Waals surface area contributed by atoms with E-state index in [9.17, 15) is 4.79 Å². The standard InChI is InChI=1S/C15H21NOS/c1-12-4-3-9-16(10-12)15(17)14-7-5-13(6-8-14)11-18-2/h5-8,12H,3-4,9-11H2,1-2H3. The Morgan fingerprint density at radius 2 is 2.11 bits per heavy atom. The highest BCUT2D eigenvalue weighted by Crippen LogP contribution is 2.18. The van der Waals surface area contributed by atoms with Crippen LogP contribution in [0.25, 0.3) is 0 Å². The van der Waals surface area contributed by atoms with Gasteiger partial charge in [-0.25, -0.2) is 0 Å². The Morgan fingerprint density at radius 3 is 2.72 bits per heavy atom. The first kappa shape index (κ1) is 13.5. The fourth-order valence-electron chi connectivity index (χ4n) is 2.47. The molecular formula is C15H21NOS. The summed E-state index contributed by atoms with van der Waals surface area (Å²) >= 11 is 1.80. The van der Waals surface area contributed by atoms with Crippen LogP contribution in [0.3, 0.4) is 0 Å². The molecule has 0 N–H and O–H groups in total. The Balaban J connectivity index is 2.03. The number of hydrogen-bond donors (Lipinski definition) is 0. The molecule has 0 spiro atoms. The predicted octanol–water partition coefficient (Wildman–Crippen LogP) is 3.42. The summed E-state index contributed by atoms with van der Waals surface area (Å²) in [6.45, 7) is 4.04. The van der Waals surface area contributed by atoms with Crippen molar-refractivity contribution in [1.29, 1.82) is 0 Å². The molecule has 0 aliphatic carbocycles. The predicted molar refractivity (Wildman–Crippen MR) is 78.0 cm³/mol. The molecular weight excluding hydrogens is 242 g/mol. The molecule has 0 aromatic heterocycles. The molecule has 1 aromatic rings. The van der Waals surface area contributed by atoms with Crippen LogP contribution in [0.2, 0.25) is 0 Å². The second-order valence-electron chi connectivity index (χ2n) is 5.13. The first-order valence-electron chi connectivity index (χ1n) is 6.58. The molecule has 2 nitrogen and oxygen atoms in total. The number of amides is 1. The minimum atomic E-state index is 0.192. The van der Waals surface area contributed by atoms with Crippen LogP contribution in [-0.2, 0) is 5.75 Å². The molecule has 1 aliphatic rings. The van der Waals surface area contributed by atoms with Crippen LogP contribution in [0.1, 0.15) is 35.7 Å². The maximum atomic E-state index is 12.3. The quantitative estimate of drug-likeness (QED) is 0.833. The van der Waals surface area contributed by atoms with Gasteiger partial charge in [0.25, 0.3) is 5.91 Å². The van der Waals surface area contributed by atoms with Crippen molar-refractivity contribution in [3.05, 3.63) is 35.4 Å². The van der Waals surface area contributed by atoms with Gasteiger partial charge < -0.3 is 4.90 Å². The third kappa shape index (κ3) is 3.29. The van der Waals surface area contributed by atoms with Gasteiger partial charge in [-0.15, -0.1) is 0 Å². The van der Waals surface area contributed by atoms with Gasteiger partial charge in [0.15, 0.2) is 0 Å². The lowest BCUT2D eigenvalue weighted by atomic mass is 9.99. The van der Waals surface area contributed by atoms with Crippen LogP contribution >= 0.6 is 11.8 Å². The zero-order valence-electron chi connectivity index (χ0n) is 11.2. The Kier molecular flexibility index (Phi) is 4.70. The second-order valence-corrected chi connectivity index (χ2v) is 5.99. The summed E-state index contributed by atoms with van der Waals surface area (Å²) < 4.78 is 0. The van der Waals surface area contributed by atoms with Gasteiger partial charge in [0, 0.05) is 24.4 Å². The monoisotopic (exact) mass is 263 g/mol. The van der Waals surface area contributed by atoms with E-state index in [1.165, 1.54) is 12.0 Å². The molecule has 1 aliphatic heterocycles. The van der Waals surface area contributed by atoms with Crippen molar-refractivity contribution in [1.82, 2.24) is 4.90 Å². The highest BCUT2D eigenvalue weighted by Gasteiger charge is 2.21. The highest BCUT2D eigenvalue weighted by molar-refractivity contribution is 7.97. The summed E-state index contributed by atoms with van der Waals surface area (Å²) in [5.74, 6) is 1.84. The van der Waals surface area contributed by atoms with Gasteiger partial charge in [-0.1, -0.05) is 19.1 Å². The average molecular weight is 263 g/mol. The SMILES string of the molecule is CSCc1ccc(C(=O)N2CCCC(C)C2)cc1. The van der Waals surface area contributed by atoms with E-state index in [1.807, 2.05) is 17.0 Å². The smallest absolute Gasteiger partial charge is 0.253 e. The van der Waals surface area contributed by atoms with Gasteiger partial charge in [0.1, 0.15) is 0 Å². The molecule has 1 heterocycles. The van der Waals surface area contributed by atoms with Crippen LogP contribution < -0.4 is 0 Å². The zero-order valence-corrected chi connectivity index (χ0v) is 12.0. The maximum Gasteiger partial charge on any atom is 0.253 e. The summed E-state index contributed by atoms with van der Waals surface area (Å²) in [5.41, 5.74) is 2.11. The lowest BCUT2D eigenvalue weighted by Gasteiger charge is -2.31. The molecule has 1 unspecified atom stereocenters. The molecule has 98 valence electrons. The molecule has 0 bridgehead atoms. The molecule has 1 aromatic carbocycles. The maximum absolute atomic E-state index is 12.3. The first-order chi connectivity index (χ1) is 8.70. The average Bonchev–Trinajstić information content (AvgIpc) is 2.39. The van der Waals surface area contributed by atoms with E-state index in [2.05, 4.69) is 25.3 Å². The van der Waals surface area contributed by atoms with Crippen LogP contribution in [0.5, 0.6) is 0 Å². The van der Waals surface area contributed by atoms with Crippen LogP contribution in [-0.4, -0.2) is 30.2 Å². The summed E-state index contributed by atoms with van der Waals surface area (Å²) in [6, 6.07) is 8.06. The number of rotatable bonds is 3. The lowest BCUT2D eigenvalue weighted by molar-refractivity contribution is 0.0683. The normalized spacial score (nSPS) is 19.9. The zero-order chi connectivity index (χ0) is 13.0. The minimum Gasteiger partial charge on any atom is -0.338 e. The molecule has 1 saturated heterocycles. The molecule has 18 heavy (non-hydrogen) atoms. The Morgan fingerprint density at radius 1 is 1.39 bits per heavy atom. The molecule has 0 radical (unpaired) electrons. The molecule has 0 saturated carbocycles. The minimum absolute atomic E-state index is 0.192. The fourth-order valence-corrected chi connectivity index (χ4v) is 2.99. The molecule has 1 amide bonds. The van der Waals surface area contributed by atoms with Crippen molar-refractivity contribution in [3.8, 4) is 0 Å². The van der Waals surface area contributed by atoms with E-state index < -0.39 is 0 Å². The number of likely N-dealkylation sites (tertiary alicyclic amines) is 1. The van der Waals surface area contributed by atoms with Crippen molar-refractivity contribution >= 4 is 17.7 Å². The van der Waals surface area contributed by atoms with E-state index in [0.29, 0.717) is 5.92 Å². The highest BCUT2D eigenvalue weighted by atomic mass is 32.2. The topological polar surface area (TPSA) is 20.3 Å². The number of nitrogens with zero attached hydrogens (tertiary/aromatic N) is 1. The lowest BCUT2D eigenvalue weighted by Crippen LogP contribution is -2.39. The van der Waals surface area contributed by atoms with Crippen LogP contribution in [0.15, 0.2) is 24.3 Å². The number of thioether (sulfide) groups is 1. The molecule has 1 fully saturated rings. The number of carbonyl (C=O) groups excluding carboxylic acids is 1. The van der Waals surface area contributed by atoms with Gasteiger partial charge in [0.05, 0.1) is 0 Å². The van der Waals surface area contributed by atoms with E-state index in [4.69, 9.17) is 0 Å². The second kappa shape index (κ2) is 6.28. The third-order valence-corrected chi connectivity index (χ3v) is 4.08. The third-order valence-electron chi connectivity index (χ3n) is 3.46. The van der Waals surface area contributed by atoms with Crippen LogP contribution in [0.4, 0.5) is 0 Å². The summed E-state index contributed by atoms with van der Waals surface area (Å²) in [5, 5.41) is 0. The van der Waals surface area contributed by atoms with Gasteiger partial charge in [-0.05, 0) is 42.7 Å². The summed E-state index contributed by atoms with van der Waals surface area (Å²) in [7, 11) is 0. The van der Waals surface area contributed by atoms with Gasteiger partial charge in [0.2, 0.25) is 0 Å². The number of benzene rings is 1. The van der Waals surface area contributed by atoms with E-state index in [-0.39, 0.29) is 5.91 Å². The van der Waals surface area contributed by atoms with E-state index >= 15 is 0 Å². The van der Waals surface area contributed by atoms with Crippen molar-refractivity contribution in [2.75, 3.05) is 19.3 Å². The van der Waals surface area contributed by atoms with Crippen LogP contribution in [0, 0.1) is 5.92 Å². The molecule has 3 heteroatoms. The van der Waals surface area contributed by atoms with E-state index in [0.717, 1.165) is 30.8 Å². The molecule has 1 atom stereocenters. The Hall–Kier alpha value is -0.960. The van der Waals surface area contributed by atoms with Gasteiger partial charge in [-0.3, -0.25) is 4.79 Å². The largest absolute Gasteiger partial charge is 0.338 e. The van der Waals surface area contributed by atoms with E-state index in [1.54, 1.807) is 11.8 Å². The van der Waals surface area contributed by atoms with Crippen molar-refractivity contribution in [2.24, 2.45) is 5.92 Å². The number of piperidine rings is 1. The summed E-state index contributed by atoms with van der Waals surface area (Å²) in [4.78, 5) is 14.3. The fraction of sp³-hybridized carbons (Fsp3) is 0.533. The Labute approximate surface area is 114 Å². The molecule has 2 rings (SSSR count). The van der Waals surface area contributed by atoms with Crippen molar-refractivity contribution in [2.45, 2.75) is 25.5 Å². The number of carbonyl (C=O) groups is 1. The summed E-state index contributed by atoms with van der Waals surface area (Å²) in [6.07, 6.45) is 4.47. The first-order valence-corrected chi connectivity index (χ1v) is 7.97. The van der Waals surface area contributed by atoms with Crippen molar-refractivity contribution < 1.29 is 4.79 Å². The van der Waals surface area contributed by atoms with Gasteiger partial charge >= 0.3 is 0 Å². The number of hydrogen-bond acceptors (Lipinski definition) is 2.